The number of nitrogens with one attached hydrogen (secondary N) is 1. The first kappa shape index (κ1) is 13.9. The van der Waals surface area contributed by atoms with Gasteiger partial charge in [0.05, 0.1) is 0 Å². The molecule has 2 heteroatoms. The molecule has 0 saturated carbocycles. The quantitative estimate of drug-likeness (QED) is 0.445. The van der Waals surface area contributed by atoms with Gasteiger partial charge in [0.1, 0.15) is 0 Å². The second-order valence-electron chi connectivity index (χ2n) is 5.70. The molecule has 0 bridgehead atoms. The van der Waals surface area contributed by atoms with Crippen molar-refractivity contribution >= 4 is 0 Å². The summed E-state index contributed by atoms with van der Waals surface area (Å²) in [6.07, 6.45) is 0. The monoisotopic (exact) mass is 185 g/mol. The fraction of sp³-hybridized carbons (Fsp3) is 0.667. The first-order valence-corrected chi connectivity index (χ1v) is 4.83. The minimum absolute atomic E-state index is 0. The molecule has 1 heterocycles. The van der Waals surface area contributed by atoms with E-state index in [0.717, 1.165) is 0 Å². The summed E-state index contributed by atoms with van der Waals surface area (Å²) in [6.45, 7) is 13.2. The zero-order chi connectivity index (χ0) is 10.3. The van der Waals surface area contributed by atoms with E-state index in [4.69, 9.17) is 0 Å². The topological polar surface area (TPSA) is 15.8 Å². The number of hydrogen-bond acceptors (Lipinski definition) is 0. The van der Waals surface area contributed by atoms with Gasteiger partial charge in [0.15, 0.2) is 0 Å². The Morgan fingerprint density at radius 2 is 1.50 bits per heavy atom. The van der Waals surface area contributed by atoms with E-state index in [2.05, 4.69) is 58.7 Å². The van der Waals surface area contributed by atoms with Crippen LogP contribution >= 0.6 is 0 Å². The molecule has 0 amide bonds. The fourth-order valence-electron chi connectivity index (χ4n) is 1.16. The second kappa shape index (κ2) is 4.17. The zero-order valence-corrected chi connectivity index (χ0v) is 10.6. The molecular formula is C12H20LiN. The van der Waals surface area contributed by atoms with Crippen molar-refractivity contribution in [1.29, 1.82) is 0 Å². The molecular weight excluding hydrogens is 165 g/mol. The van der Waals surface area contributed by atoms with E-state index in [1.54, 1.807) is 0 Å². The maximum Gasteiger partial charge on any atom is 1.00 e. The van der Waals surface area contributed by atoms with Gasteiger partial charge in [-0.25, -0.2) is 12.1 Å². The van der Waals surface area contributed by atoms with E-state index in [1.807, 2.05) is 0 Å². The number of aromatic amines is 1. The number of hydrogen-bond donors (Lipinski definition) is 1. The van der Waals surface area contributed by atoms with Crippen molar-refractivity contribution in [3.63, 3.8) is 0 Å². The maximum atomic E-state index is 3.44. The molecule has 0 saturated heterocycles. The predicted molar refractivity (Wildman–Crippen MR) is 57.0 cm³/mol. The van der Waals surface area contributed by atoms with E-state index in [0.29, 0.717) is 0 Å². The molecule has 1 aromatic heterocycles. The Hall–Kier alpha value is -0.123. The minimum atomic E-state index is 0. The van der Waals surface area contributed by atoms with Crippen LogP contribution in [0.2, 0.25) is 0 Å². The van der Waals surface area contributed by atoms with Gasteiger partial charge >= 0.3 is 18.9 Å². The van der Waals surface area contributed by atoms with E-state index < -0.39 is 0 Å². The Labute approximate surface area is 99.9 Å². The summed E-state index contributed by atoms with van der Waals surface area (Å²) >= 11 is 0. The fourth-order valence-corrected chi connectivity index (χ4v) is 1.16. The third-order valence-electron chi connectivity index (χ3n) is 2.18. The normalized spacial score (nSPS) is 12.4. The van der Waals surface area contributed by atoms with Crippen molar-refractivity contribution < 1.29 is 18.9 Å². The van der Waals surface area contributed by atoms with Gasteiger partial charge < -0.3 is 4.98 Å². The average molecular weight is 185 g/mol. The van der Waals surface area contributed by atoms with E-state index >= 15 is 0 Å². The molecule has 0 aliphatic rings. The Balaban J connectivity index is 0.00000169. The van der Waals surface area contributed by atoms with E-state index in [9.17, 15) is 0 Å². The summed E-state index contributed by atoms with van der Waals surface area (Å²) in [5.41, 5.74) is 2.82. The summed E-state index contributed by atoms with van der Waals surface area (Å²) in [5.74, 6) is 0. The van der Waals surface area contributed by atoms with E-state index in [-0.39, 0.29) is 29.7 Å². The van der Waals surface area contributed by atoms with Crippen LogP contribution in [0.4, 0.5) is 0 Å². The summed E-state index contributed by atoms with van der Waals surface area (Å²) < 4.78 is 0. The van der Waals surface area contributed by atoms with Gasteiger partial charge in [-0.1, -0.05) is 52.7 Å². The summed E-state index contributed by atoms with van der Waals surface area (Å²) in [4.78, 5) is 3.44. The molecule has 1 nitrogen and oxygen atoms in total. The molecule has 0 radical (unpaired) electrons. The molecule has 0 unspecified atom stereocenters. The molecule has 0 aliphatic carbocycles. The first-order chi connectivity index (χ1) is 5.71. The molecule has 74 valence electrons. The van der Waals surface area contributed by atoms with Crippen LogP contribution in [-0.4, -0.2) is 4.98 Å². The average Bonchev–Trinajstić information content (AvgIpc) is 2.28. The van der Waals surface area contributed by atoms with Crippen LogP contribution in [0.5, 0.6) is 0 Å². The van der Waals surface area contributed by atoms with Crippen LogP contribution in [0.25, 0.3) is 0 Å². The summed E-state index contributed by atoms with van der Waals surface area (Å²) in [5, 5.41) is 0. The van der Waals surface area contributed by atoms with Gasteiger partial charge in [0, 0.05) is 0 Å². The predicted octanol–water partition coefficient (Wildman–Crippen LogP) is 0.414. The van der Waals surface area contributed by atoms with Gasteiger partial charge in [-0.2, -0.15) is 0 Å². The van der Waals surface area contributed by atoms with Crippen molar-refractivity contribution in [3.05, 3.63) is 23.5 Å². The summed E-state index contributed by atoms with van der Waals surface area (Å²) in [6, 6.07) is 5.37. The minimum Gasteiger partial charge on any atom is -0.454 e. The molecule has 0 fully saturated rings. The van der Waals surface area contributed by atoms with Crippen molar-refractivity contribution in [3.8, 4) is 0 Å². The number of rotatable bonds is 0. The third-order valence-corrected chi connectivity index (χ3v) is 2.18. The number of aromatic nitrogens is 1. The van der Waals surface area contributed by atoms with Crippen molar-refractivity contribution in [2.24, 2.45) is 0 Å². The molecule has 0 aliphatic heterocycles. The van der Waals surface area contributed by atoms with Crippen LogP contribution in [0.15, 0.2) is 6.07 Å². The molecule has 0 spiro atoms. The van der Waals surface area contributed by atoms with Gasteiger partial charge in [-0.3, -0.25) is 0 Å². The Morgan fingerprint density at radius 3 is 1.71 bits per heavy atom. The van der Waals surface area contributed by atoms with Crippen molar-refractivity contribution in [2.75, 3.05) is 0 Å². The first-order valence-electron chi connectivity index (χ1n) is 4.83. The van der Waals surface area contributed by atoms with Gasteiger partial charge in [-0.15, -0.1) is 5.69 Å². The Kier molecular flexibility index (Phi) is 4.13. The molecule has 14 heavy (non-hydrogen) atoms. The van der Waals surface area contributed by atoms with Crippen LogP contribution in [0, 0.1) is 6.07 Å². The van der Waals surface area contributed by atoms with Crippen LogP contribution in [-0.2, 0) is 10.8 Å². The molecule has 0 aromatic carbocycles. The largest absolute Gasteiger partial charge is 1.00 e. The molecule has 1 N–H and O–H groups in total. The Bertz CT molecular complexity index is 258. The van der Waals surface area contributed by atoms with Crippen molar-refractivity contribution in [2.45, 2.75) is 52.4 Å². The van der Waals surface area contributed by atoms with Crippen LogP contribution in [0.3, 0.4) is 0 Å². The number of H-pyrrole nitrogens is 1. The third kappa shape index (κ3) is 3.22. The standard InChI is InChI=1S/C12H20N.Li/c1-11(2,3)9-7-8-10(13-9)12(4,5)6;/h7,13H,1-6H3;/q-1;+1. The molecule has 1 rings (SSSR count). The van der Waals surface area contributed by atoms with Crippen molar-refractivity contribution in [1.82, 2.24) is 4.98 Å². The van der Waals surface area contributed by atoms with E-state index in [1.165, 1.54) is 11.4 Å². The van der Waals surface area contributed by atoms with Gasteiger partial charge in [0.2, 0.25) is 0 Å². The van der Waals surface area contributed by atoms with Crippen LogP contribution < -0.4 is 18.9 Å². The zero-order valence-electron chi connectivity index (χ0n) is 10.6. The SMILES string of the molecule is CC(C)(C)c1[c-]cc(C(C)(C)C)[nH]1.[Li+]. The van der Waals surface area contributed by atoms with Gasteiger partial charge in [-0.05, 0) is 5.41 Å². The Morgan fingerprint density at radius 1 is 1.00 bits per heavy atom. The molecule has 1 aromatic rings. The summed E-state index contributed by atoms with van der Waals surface area (Å²) in [7, 11) is 0. The van der Waals surface area contributed by atoms with Crippen LogP contribution in [0.1, 0.15) is 52.9 Å². The maximum absolute atomic E-state index is 3.44. The molecule has 0 atom stereocenters. The smallest absolute Gasteiger partial charge is 0.454 e. The van der Waals surface area contributed by atoms with Gasteiger partial charge in [0.25, 0.3) is 0 Å². The second-order valence-corrected chi connectivity index (χ2v) is 5.70.